The molecule has 27 heavy (non-hydrogen) atoms. The summed E-state index contributed by atoms with van der Waals surface area (Å²) in [7, 11) is 0.434. The topological polar surface area (TPSA) is 0 Å². The maximum atomic E-state index is 2.34. The van der Waals surface area contributed by atoms with Gasteiger partial charge in [0.05, 0.1) is 0 Å². The van der Waals surface area contributed by atoms with E-state index in [0.29, 0.717) is 0 Å². The molecule has 0 amide bonds. The van der Waals surface area contributed by atoms with Crippen LogP contribution in [0.3, 0.4) is 0 Å². The fraction of sp³-hybridized carbons (Fsp3) is 0.583. The first-order valence-electron chi connectivity index (χ1n) is 10.7. The Hall–Kier alpha value is 1.38. The van der Waals surface area contributed by atoms with Crippen molar-refractivity contribution >= 4 is 15.8 Å². The molecule has 2 aliphatic heterocycles. The summed E-state index contributed by atoms with van der Waals surface area (Å²) in [6.07, 6.45) is 26.6. The normalized spacial score (nSPS) is 39.1. The van der Waals surface area contributed by atoms with Crippen molar-refractivity contribution in [2.75, 3.05) is 0 Å². The second-order valence-corrected chi connectivity index (χ2v) is 13.4. The van der Waals surface area contributed by atoms with Crippen LogP contribution < -0.4 is 0 Å². The van der Waals surface area contributed by atoms with Crippen molar-refractivity contribution < 1.29 is 17.1 Å². The van der Waals surface area contributed by atoms with Gasteiger partial charge in [-0.05, 0) is 113 Å². The Morgan fingerprint density at radius 2 is 0.852 bits per heavy atom. The van der Waals surface area contributed by atoms with E-state index in [0.717, 1.165) is 22.6 Å². The average molecular weight is 442 g/mol. The Morgan fingerprint density at radius 1 is 0.593 bits per heavy atom. The molecular formula is C24H36FeP2. The van der Waals surface area contributed by atoms with Gasteiger partial charge >= 0.3 is 0 Å². The van der Waals surface area contributed by atoms with Gasteiger partial charge in [-0.15, -0.1) is 0 Å². The first-order valence-corrected chi connectivity index (χ1v) is 13.7. The summed E-state index contributed by atoms with van der Waals surface area (Å²) < 4.78 is 0. The third-order valence-corrected chi connectivity index (χ3v) is 13.7. The van der Waals surface area contributed by atoms with E-state index < -0.39 is 0 Å². The van der Waals surface area contributed by atoms with E-state index in [1.54, 1.807) is 11.3 Å². The van der Waals surface area contributed by atoms with Crippen LogP contribution in [0.4, 0.5) is 0 Å². The van der Waals surface area contributed by atoms with Gasteiger partial charge in [-0.2, -0.15) is 0 Å². The molecule has 4 atom stereocenters. The van der Waals surface area contributed by atoms with Gasteiger partial charge in [-0.3, -0.25) is 0 Å². The fourth-order valence-electron chi connectivity index (χ4n) is 4.77. The Labute approximate surface area is 184 Å². The molecule has 2 aliphatic carbocycles. The molecule has 0 aromatic rings. The molecule has 2 saturated heterocycles. The predicted molar refractivity (Wildman–Crippen MR) is 120 cm³/mol. The van der Waals surface area contributed by atoms with Crippen molar-refractivity contribution in [3.05, 3.63) is 62.7 Å². The molecule has 10 radical (unpaired) electrons. The Kier molecular flexibility index (Phi) is 11.2. The number of hydrogen-bond acceptors (Lipinski definition) is 0. The van der Waals surface area contributed by atoms with Crippen LogP contribution in [0.2, 0.25) is 0 Å². The second-order valence-electron chi connectivity index (χ2n) is 7.82. The molecule has 150 valence electrons. The molecule has 2 saturated carbocycles. The molecular weight excluding hydrogens is 406 g/mol. The molecule has 2 heterocycles. The fourth-order valence-corrected chi connectivity index (χ4v) is 11.4. The van der Waals surface area contributed by atoms with E-state index in [1.807, 2.05) is 0 Å². The molecule has 4 fully saturated rings. The summed E-state index contributed by atoms with van der Waals surface area (Å²) in [6, 6.07) is 0. The van der Waals surface area contributed by atoms with Gasteiger partial charge in [0, 0.05) is 28.4 Å². The summed E-state index contributed by atoms with van der Waals surface area (Å²) in [5, 5.41) is 0. The van der Waals surface area contributed by atoms with Crippen LogP contribution in [0.15, 0.2) is 0 Å². The van der Waals surface area contributed by atoms with E-state index in [4.69, 9.17) is 0 Å². The molecule has 0 nitrogen and oxygen atoms in total. The quantitative estimate of drug-likeness (QED) is 0.294. The SMILES string of the molecule is CCC1CC(CC)P1[C]1[CH][CH][CH][CH]1.CCC1CC(CC)P1[C]1[CH][CH][CH][CH]1.[Fe]. The average Bonchev–Trinajstić information content (AvgIpc) is 3.30. The van der Waals surface area contributed by atoms with Gasteiger partial charge in [0.15, 0.2) is 0 Å². The molecule has 0 spiro atoms. The summed E-state index contributed by atoms with van der Waals surface area (Å²) in [5.74, 6) is 0. The van der Waals surface area contributed by atoms with Crippen LogP contribution >= 0.6 is 15.8 Å². The van der Waals surface area contributed by atoms with E-state index in [-0.39, 0.29) is 32.9 Å². The van der Waals surface area contributed by atoms with Crippen molar-refractivity contribution in [2.24, 2.45) is 0 Å². The van der Waals surface area contributed by atoms with Crippen molar-refractivity contribution in [1.82, 2.24) is 0 Å². The standard InChI is InChI=1S/2C12H18P.Fe/c2*1-3-10-9-11(4-2)13(10)12-7-5-6-8-12;/h2*5-8,10-11H,3-4,9H2,1-2H3;. The minimum atomic E-state index is 0. The zero-order valence-corrected chi connectivity index (χ0v) is 20.3. The van der Waals surface area contributed by atoms with Gasteiger partial charge in [-0.25, -0.2) is 0 Å². The molecule has 0 aromatic heterocycles. The minimum absolute atomic E-state index is 0. The molecule has 4 unspecified atom stereocenters. The Bertz CT molecular complexity index is 345. The second kappa shape index (κ2) is 12.3. The summed E-state index contributed by atoms with van der Waals surface area (Å²) in [4.78, 5) is 0. The van der Waals surface area contributed by atoms with Gasteiger partial charge in [0.1, 0.15) is 0 Å². The van der Waals surface area contributed by atoms with E-state index in [9.17, 15) is 0 Å². The maximum Gasteiger partial charge on any atom is 0.00803 e. The van der Waals surface area contributed by atoms with Crippen molar-refractivity contribution in [3.63, 3.8) is 0 Å². The zero-order chi connectivity index (χ0) is 18.5. The Balaban J connectivity index is 0.000000187. The number of rotatable bonds is 6. The first-order chi connectivity index (χ1) is 12.7. The minimum Gasteiger partial charge on any atom is -0.0924 e. The van der Waals surface area contributed by atoms with Gasteiger partial charge in [0.2, 0.25) is 0 Å². The molecule has 3 heteroatoms. The van der Waals surface area contributed by atoms with E-state index in [1.165, 1.54) is 38.5 Å². The van der Waals surface area contributed by atoms with Crippen LogP contribution in [0, 0.1) is 62.7 Å². The van der Waals surface area contributed by atoms with Crippen molar-refractivity contribution in [1.29, 1.82) is 0 Å². The van der Waals surface area contributed by atoms with Crippen LogP contribution in [0.5, 0.6) is 0 Å². The van der Waals surface area contributed by atoms with Crippen molar-refractivity contribution in [3.8, 4) is 0 Å². The van der Waals surface area contributed by atoms with Crippen LogP contribution in [-0.4, -0.2) is 22.6 Å². The molecule has 0 bridgehead atoms. The van der Waals surface area contributed by atoms with Crippen molar-refractivity contribution in [2.45, 2.75) is 88.9 Å². The third-order valence-electron chi connectivity index (χ3n) is 6.43. The third kappa shape index (κ3) is 5.75. The summed E-state index contributed by atoms with van der Waals surface area (Å²) in [6.45, 7) is 9.37. The maximum absolute atomic E-state index is 2.34. The largest absolute Gasteiger partial charge is 0.0924 e. The smallest absolute Gasteiger partial charge is 0.00803 e. The molecule has 0 N–H and O–H groups in total. The van der Waals surface area contributed by atoms with Crippen LogP contribution in [0.1, 0.15) is 66.2 Å². The monoisotopic (exact) mass is 442 g/mol. The van der Waals surface area contributed by atoms with Gasteiger partial charge < -0.3 is 0 Å². The predicted octanol–water partition coefficient (Wildman–Crippen LogP) is 7.58. The summed E-state index contributed by atoms with van der Waals surface area (Å²) in [5.41, 5.74) is 7.43. The molecule has 0 aromatic carbocycles. The van der Waals surface area contributed by atoms with Crippen LogP contribution in [-0.2, 0) is 17.1 Å². The molecule has 4 rings (SSSR count). The van der Waals surface area contributed by atoms with E-state index >= 15 is 0 Å². The van der Waals surface area contributed by atoms with E-state index in [2.05, 4.69) is 79.1 Å². The number of hydrogen-bond donors (Lipinski definition) is 0. The van der Waals surface area contributed by atoms with Gasteiger partial charge in [-0.1, -0.05) is 43.5 Å². The molecule has 4 aliphatic rings. The zero-order valence-electron chi connectivity index (χ0n) is 17.4. The summed E-state index contributed by atoms with van der Waals surface area (Å²) >= 11 is 0. The first kappa shape index (κ1) is 24.6. The van der Waals surface area contributed by atoms with Crippen LogP contribution in [0.25, 0.3) is 0 Å². The Morgan fingerprint density at radius 3 is 1.07 bits per heavy atom. The van der Waals surface area contributed by atoms with Gasteiger partial charge in [0.25, 0.3) is 0 Å².